The van der Waals surface area contributed by atoms with E-state index in [9.17, 15) is 4.79 Å². The average Bonchev–Trinajstić information content (AvgIpc) is 2.12. The molecule has 1 aliphatic rings. The van der Waals surface area contributed by atoms with Crippen LogP contribution in [0.25, 0.3) is 0 Å². The van der Waals surface area contributed by atoms with E-state index in [1.165, 1.54) is 13.5 Å². The largest absolute Gasteiger partial charge is 0.469 e. The van der Waals surface area contributed by atoms with E-state index in [0.717, 1.165) is 24.7 Å². The Hall–Kier alpha value is -0.530. The van der Waals surface area contributed by atoms with Crippen LogP contribution in [0.4, 0.5) is 0 Å². The SMILES string of the molecule is COC(=O)CC1(C)CCC(C)C(C)C1. The highest BCUT2D eigenvalue weighted by Crippen LogP contribution is 2.44. The molecule has 2 heteroatoms. The molecule has 0 heterocycles. The van der Waals surface area contributed by atoms with Crippen LogP contribution in [0.3, 0.4) is 0 Å². The van der Waals surface area contributed by atoms with E-state index in [4.69, 9.17) is 4.74 Å². The molecule has 1 rings (SSSR count). The molecule has 14 heavy (non-hydrogen) atoms. The number of ether oxygens (including phenoxy) is 1. The standard InChI is InChI=1S/C12H22O2/c1-9-5-6-12(3,7-10(9)2)8-11(13)14-4/h9-10H,5-8H2,1-4H3. The Morgan fingerprint density at radius 3 is 2.57 bits per heavy atom. The number of hydrogen-bond acceptors (Lipinski definition) is 2. The van der Waals surface area contributed by atoms with Gasteiger partial charge in [-0.1, -0.05) is 20.8 Å². The van der Waals surface area contributed by atoms with Crippen molar-refractivity contribution >= 4 is 5.97 Å². The summed E-state index contributed by atoms with van der Waals surface area (Å²) in [6, 6.07) is 0. The van der Waals surface area contributed by atoms with Gasteiger partial charge in [-0.15, -0.1) is 0 Å². The van der Waals surface area contributed by atoms with Gasteiger partial charge in [0.2, 0.25) is 0 Å². The summed E-state index contributed by atoms with van der Waals surface area (Å²) < 4.78 is 4.74. The minimum atomic E-state index is -0.0609. The number of esters is 1. The summed E-state index contributed by atoms with van der Waals surface area (Å²) in [6.07, 6.45) is 4.14. The summed E-state index contributed by atoms with van der Waals surface area (Å²) >= 11 is 0. The fraction of sp³-hybridized carbons (Fsp3) is 0.917. The van der Waals surface area contributed by atoms with Gasteiger partial charge in [-0.05, 0) is 36.5 Å². The van der Waals surface area contributed by atoms with E-state index in [1.807, 2.05) is 0 Å². The van der Waals surface area contributed by atoms with Crippen molar-refractivity contribution in [3.63, 3.8) is 0 Å². The van der Waals surface area contributed by atoms with Crippen LogP contribution in [0.15, 0.2) is 0 Å². The summed E-state index contributed by atoms with van der Waals surface area (Å²) in [5.41, 5.74) is 0.180. The van der Waals surface area contributed by atoms with Gasteiger partial charge in [0.15, 0.2) is 0 Å². The minimum Gasteiger partial charge on any atom is -0.469 e. The van der Waals surface area contributed by atoms with Gasteiger partial charge in [-0.2, -0.15) is 0 Å². The third-order valence-corrected chi connectivity index (χ3v) is 3.79. The van der Waals surface area contributed by atoms with Gasteiger partial charge < -0.3 is 4.74 Å². The Morgan fingerprint density at radius 2 is 2.07 bits per heavy atom. The molecule has 1 saturated carbocycles. The quantitative estimate of drug-likeness (QED) is 0.637. The zero-order chi connectivity index (χ0) is 10.8. The Labute approximate surface area is 87.0 Å². The van der Waals surface area contributed by atoms with Gasteiger partial charge in [-0.3, -0.25) is 4.79 Å². The fourth-order valence-electron chi connectivity index (χ4n) is 2.52. The average molecular weight is 198 g/mol. The number of hydrogen-bond donors (Lipinski definition) is 0. The van der Waals surface area contributed by atoms with Crippen molar-refractivity contribution < 1.29 is 9.53 Å². The summed E-state index contributed by atoms with van der Waals surface area (Å²) in [6.45, 7) is 6.81. The van der Waals surface area contributed by atoms with E-state index in [-0.39, 0.29) is 11.4 Å². The molecule has 82 valence electrons. The highest BCUT2D eigenvalue weighted by atomic mass is 16.5. The highest BCUT2D eigenvalue weighted by Gasteiger charge is 2.35. The molecule has 1 fully saturated rings. The van der Waals surface area contributed by atoms with Crippen LogP contribution in [0, 0.1) is 17.3 Å². The van der Waals surface area contributed by atoms with Crippen LogP contribution in [-0.2, 0) is 9.53 Å². The fourth-order valence-corrected chi connectivity index (χ4v) is 2.52. The highest BCUT2D eigenvalue weighted by molar-refractivity contribution is 5.70. The first-order chi connectivity index (χ1) is 6.47. The number of carbonyl (C=O) groups excluding carboxylic acids is 1. The molecule has 0 aromatic heterocycles. The van der Waals surface area contributed by atoms with Crippen molar-refractivity contribution in [2.24, 2.45) is 17.3 Å². The van der Waals surface area contributed by atoms with Gasteiger partial charge in [0.05, 0.1) is 13.5 Å². The molecule has 0 N–H and O–H groups in total. The Kier molecular flexibility index (Phi) is 3.57. The first-order valence-corrected chi connectivity index (χ1v) is 5.54. The summed E-state index contributed by atoms with van der Waals surface area (Å²) in [4.78, 5) is 11.3. The van der Waals surface area contributed by atoms with Gasteiger partial charge >= 0.3 is 5.97 Å². The van der Waals surface area contributed by atoms with Crippen LogP contribution in [0.1, 0.15) is 46.5 Å². The molecule has 0 aromatic rings. The van der Waals surface area contributed by atoms with Gasteiger partial charge in [0.25, 0.3) is 0 Å². The van der Waals surface area contributed by atoms with Crippen LogP contribution < -0.4 is 0 Å². The van der Waals surface area contributed by atoms with Crippen molar-refractivity contribution in [3.05, 3.63) is 0 Å². The zero-order valence-electron chi connectivity index (χ0n) is 9.80. The third kappa shape index (κ3) is 2.73. The van der Waals surface area contributed by atoms with Gasteiger partial charge in [0.1, 0.15) is 0 Å². The number of methoxy groups -OCH3 is 1. The third-order valence-electron chi connectivity index (χ3n) is 3.79. The zero-order valence-corrected chi connectivity index (χ0v) is 9.80. The first-order valence-electron chi connectivity index (χ1n) is 5.54. The molecule has 0 spiro atoms. The van der Waals surface area contributed by atoms with E-state index >= 15 is 0 Å². The van der Waals surface area contributed by atoms with Gasteiger partial charge in [-0.25, -0.2) is 0 Å². The van der Waals surface area contributed by atoms with Crippen LogP contribution in [-0.4, -0.2) is 13.1 Å². The topological polar surface area (TPSA) is 26.3 Å². The second kappa shape index (κ2) is 4.33. The van der Waals surface area contributed by atoms with Crippen molar-refractivity contribution in [3.8, 4) is 0 Å². The van der Waals surface area contributed by atoms with Crippen molar-refractivity contribution in [2.45, 2.75) is 46.5 Å². The van der Waals surface area contributed by atoms with Crippen LogP contribution >= 0.6 is 0 Å². The molecule has 0 aromatic carbocycles. The lowest BCUT2D eigenvalue weighted by Gasteiger charge is -2.39. The molecule has 1 aliphatic carbocycles. The number of rotatable bonds is 2. The van der Waals surface area contributed by atoms with Crippen molar-refractivity contribution in [2.75, 3.05) is 7.11 Å². The summed E-state index contributed by atoms with van der Waals surface area (Å²) in [5, 5.41) is 0. The lowest BCUT2D eigenvalue weighted by Crippen LogP contribution is -2.31. The predicted molar refractivity (Wildman–Crippen MR) is 56.9 cm³/mol. The second-order valence-corrected chi connectivity index (χ2v) is 5.26. The molecular formula is C12H22O2. The van der Waals surface area contributed by atoms with Crippen LogP contribution in [0.2, 0.25) is 0 Å². The van der Waals surface area contributed by atoms with Crippen LogP contribution in [0.5, 0.6) is 0 Å². The number of carbonyl (C=O) groups is 1. The van der Waals surface area contributed by atoms with Crippen molar-refractivity contribution in [1.82, 2.24) is 0 Å². The molecule has 0 aliphatic heterocycles. The predicted octanol–water partition coefficient (Wildman–Crippen LogP) is 3.01. The maximum atomic E-state index is 11.3. The van der Waals surface area contributed by atoms with E-state index in [2.05, 4.69) is 20.8 Å². The molecule has 0 saturated heterocycles. The molecule has 3 atom stereocenters. The second-order valence-electron chi connectivity index (χ2n) is 5.26. The Balaban J connectivity index is 2.54. The Morgan fingerprint density at radius 1 is 1.43 bits per heavy atom. The molecular weight excluding hydrogens is 176 g/mol. The normalized spacial score (nSPS) is 38.0. The summed E-state index contributed by atoms with van der Waals surface area (Å²) in [5.74, 6) is 1.48. The molecule has 0 amide bonds. The molecule has 0 radical (unpaired) electrons. The van der Waals surface area contributed by atoms with E-state index < -0.39 is 0 Å². The van der Waals surface area contributed by atoms with Crippen molar-refractivity contribution in [1.29, 1.82) is 0 Å². The van der Waals surface area contributed by atoms with E-state index in [0.29, 0.717) is 6.42 Å². The lowest BCUT2D eigenvalue weighted by atomic mass is 9.66. The molecule has 2 nitrogen and oxygen atoms in total. The Bertz CT molecular complexity index is 212. The summed E-state index contributed by atoms with van der Waals surface area (Å²) in [7, 11) is 1.47. The monoisotopic (exact) mass is 198 g/mol. The maximum absolute atomic E-state index is 11.3. The van der Waals surface area contributed by atoms with E-state index in [1.54, 1.807) is 0 Å². The van der Waals surface area contributed by atoms with Gasteiger partial charge in [0, 0.05) is 0 Å². The molecule has 0 bridgehead atoms. The smallest absolute Gasteiger partial charge is 0.306 e. The molecule has 3 unspecified atom stereocenters. The lowest BCUT2D eigenvalue weighted by molar-refractivity contribution is -0.144. The minimum absolute atomic E-state index is 0.0609. The maximum Gasteiger partial charge on any atom is 0.306 e. The first kappa shape index (κ1) is 11.5.